The zero-order valence-electron chi connectivity index (χ0n) is 12.8. The molecule has 0 aromatic heterocycles. The van der Waals surface area contributed by atoms with Gasteiger partial charge in [-0.2, -0.15) is 0 Å². The molecule has 1 amide bonds. The number of carbonyl (C=O) groups excluding carboxylic acids is 1. The second kappa shape index (κ2) is 7.21. The molecular formula is C16H20F3NO3. The Morgan fingerprint density at radius 2 is 2.04 bits per heavy atom. The van der Waals surface area contributed by atoms with Crippen LogP contribution in [0.3, 0.4) is 0 Å². The Morgan fingerprint density at radius 3 is 2.61 bits per heavy atom. The van der Waals surface area contributed by atoms with Crippen LogP contribution in [0.1, 0.15) is 31.7 Å². The molecule has 0 saturated carbocycles. The molecule has 1 aromatic carbocycles. The lowest BCUT2D eigenvalue weighted by molar-refractivity contribution is -0.274. The zero-order valence-corrected chi connectivity index (χ0v) is 12.8. The van der Waals surface area contributed by atoms with E-state index in [1.54, 1.807) is 11.8 Å². The van der Waals surface area contributed by atoms with Gasteiger partial charge < -0.3 is 14.7 Å². The van der Waals surface area contributed by atoms with Gasteiger partial charge in [-0.25, -0.2) is 0 Å². The van der Waals surface area contributed by atoms with Crippen LogP contribution in [0.5, 0.6) is 5.75 Å². The molecule has 1 aliphatic heterocycles. The summed E-state index contributed by atoms with van der Waals surface area (Å²) in [6, 6.07) is 5.35. The largest absolute Gasteiger partial charge is 0.573 e. The average Bonchev–Trinajstić information content (AvgIpc) is 2.86. The molecule has 1 saturated heterocycles. The number of carbonyl (C=O) groups is 1. The number of ether oxygens (including phenoxy) is 1. The number of rotatable bonds is 5. The predicted octanol–water partition coefficient (Wildman–Crippen LogP) is 2.89. The van der Waals surface area contributed by atoms with Crippen LogP contribution in [0.15, 0.2) is 24.3 Å². The van der Waals surface area contributed by atoms with Crippen molar-refractivity contribution in [1.82, 2.24) is 4.90 Å². The molecule has 0 radical (unpaired) electrons. The van der Waals surface area contributed by atoms with E-state index in [1.165, 1.54) is 24.3 Å². The maximum absolute atomic E-state index is 12.4. The number of hydrogen-bond acceptors (Lipinski definition) is 3. The Balaban J connectivity index is 1.94. The Kier molecular flexibility index (Phi) is 5.51. The minimum Gasteiger partial charge on any atom is -0.406 e. The molecule has 128 valence electrons. The van der Waals surface area contributed by atoms with Gasteiger partial charge in [-0.15, -0.1) is 13.2 Å². The third-order valence-electron chi connectivity index (χ3n) is 3.82. The number of amides is 1. The van der Waals surface area contributed by atoms with E-state index in [0.29, 0.717) is 18.5 Å². The highest BCUT2D eigenvalue weighted by molar-refractivity contribution is 5.79. The van der Waals surface area contributed by atoms with Crippen molar-refractivity contribution in [1.29, 1.82) is 0 Å². The van der Waals surface area contributed by atoms with Crippen LogP contribution < -0.4 is 4.74 Å². The molecule has 1 N–H and O–H groups in total. The van der Waals surface area contributed by atoms with Crippen LogP contribution in [0.2, 0.25) is 0 Å². The molecule has 2 unspecified atom stereocenters. The summed E-state index contributed by atoms with van der Waals surface area (Å²) in [7, 11) is 0. The zero-order chi connectivity index (χ0) is 17.0. The highest BCUT2D eigenvalue weighted by Gasteiger charge is 2.31. The van der Waals surface area contributed by atoms with Gasteiger partial charge in [-0.3, -0.25) is 4.79 Å². The van der Waals surface area contributed by atoms with E-state index in [1.807, 2.05) is 0 Å². The maximum Gasteiger partial charge on any atom is 0.573 e. The lowest BCUT2D eigenvalue weighted by atomic mass is 10.1. The minimum absolute atomic E-state index is 0.0373. The Labute approximate surface area is 132 Å². The number of benzene rings is 1. The normalized spacial score (nSPS) is 19.7. The number of aliphatic hydroxyl groups excluding tert-OH is 1. The van der Waals surface area contributed by atoms with E-state index in [2.05, 4.69) is 4.74 Å². The summed E-state index contributed by atoms with van der Waals surface area (Å²) in [6.07, 6.45) is -2.74. The number of nitrogens with zero attached hydrogens (tertiary/aromatic N) is 1. The molecule has 2 atom stereocenters. The fourth-order valence-electron chi connectivity index (χ4n) is 2.89. The Hall–Kier alpha value is -1.76. The first-order chi connectivity index (χ1) is 10.7. The number of aliphatic hydroxyl groups is 1. The van der Waals surface area contributed by atoms with Gasteiger partial charge in [-0.1, -0.05) is 12.1 Å². The lowest BCUT2D eigenvalue weighted by Gasteiger charge is -2.25. The first-order valence-electron chi connectivity index (χ1n) is 7.57. The molecule has 0 aliphatic carbocycles. The first-order valence-corrected chi connectivity index (χ1v) is 7.57. The maximum atomic E-state index is 12.4. The number of likely N-dealkylation sites (tertiary alicyclic amines) is 1. The smallest absolute Gasteiger partial charge is 0.406 e. The predicted molar refractivity (Wildman–Crippen MR) is 77.9 cm³/mol. The van der Waals surface area contributed by atoms with E-state index in [0.717, 1.165) is 12.8 Å². The van der Waals surface area contributed by atoms with Crippen molar-refractivity contribution in [2.45, 2.75) is 51.1 Å². The van der Waals surface area contributed by atoms with Gasteiger partial charge in [0.15, 0.2) is 0 Å². The Morgan fingerprint density at radius 1 is 1.39 bits per heavy atom. The molecule has 4 nitrogen and oxygen atoms in total. The van der Waals surface area contributed by atoms with Crippen LogP contribution in [0.4, 0.5) is 13.2 Å². The molecule has 0 bridgehead atoms. The van der Waals surface area contributed by atoms with Crippen molar-refractivity contribution < 1.29 is 27.8 Å². The van der Waals surface area contributed by atoms with E-state index < -0.39 is 12.5 Å². The monoisotopic (exact) mass is 331 g/mol. The third kappa shape index (κ3) is 5.42. The van der Waals surface area contributed by atoms with Crippen molar-refractivity contribution in [2.75, 3.05) is 6.54 Å². The molecule has 1 aromatic rings. The molecule has 23 heavy (non-hydrogen) atoms. The van der Waals surface area contributed by atoms with E-state index >= 15 is 0 Å². The summed E-state index contributed by atoms with van der Waals surface area (Å²) in [5.74, 6) is -0.375. The summed E-state index contributed by atoms with van der Waals surface area (Å²) in [6.45, 7) is 2.35. The van der Waals surface area contributed by atoms with E-state index in [9.17, 15) is 23.1 Å². The van der Waals surface area contributed by atoms with Crippen molar-refractivity contribution >= 4 is 5.91 Å². The molecule has 1 fully saturated rings. The van der Waals surface area contributed by atoms with Crippen LogP contribution in [-0.4, -0.2) is 41.0 Å². The summed E-state index contributed by atoms with van der Waals surface area (Å²) in [4.78, 5) is 14.1. The molecule has 2 rings (SSSR count). The highest BCUT2D eigenvalue weighted by Crippen LogP contribution is 2.25. The quantitative estimate of drug-likeness (QED) is 0.903. The van der Waals surface area contributed by atoms with Crippen molar-refractivity contribution in [2.24, 2.45) is 0 Å². The first kappa shape index (κ1) is 17.6. The third-order valence-corrected chi connectivity index (χ3v) is 3.82. The molecular weight excluding hydrogens is 311 g/mol. The summed E-state index contributed by atoms with van der Waals surface area (Å²) in [5.41, 5.74) is 0.632. The van der Waals surface area contributed by atoms with Crippen LogP contribution in [0, 0.1) is 0 Å². The van der Waals surface area contributed by atoms with Crippen LogP contribution >= 0.6 is 0 Å². The van der Waals surface area contributed by atoms with Crippen molar-refractivity contribution in [3.8, 4) is 5.75 Å². The Bertz CT molecular complexity index is 528. The average molecular weight is 331 g/mol. The standard InChI is InChI=1S/C16H20F3NO3/c1-11(21)9-13-3-2-8-20(13)15(22)10-12-4-6-14(7-5-12)23-16(17,18)19/h4-7,11,13,21H,2-3,8-10H2,1H3. The van der Waals surface area contributed by atoms with Gasteiger partial charge in [0, 0.05) is 12.6 Å². The second-order valence-electron chi connectivity index (χ2n) is 5.84. The molecule has 1 heterocycles. The van der Waals surface area contributed by atoms with Crippen LogP contribution in [0.25, 0.3) is 0 Å². The van der Waals surface area contributed by atoms with Gasteiger partial charge in [0.1, 0.15) is 5.75 Å². The second-order valence-corrected chi connectivity index (χ2v) is 5.84. The number of alkyl halides is 3. The minimum atomic E-state index is -4.72. The number of hydrogen-bond donors (Lipinski definition) is 1. The van der Waals surface area contributed by atoms with Gasteiger partial charge in [0.25, 0.3) is 0 Å². The summed E-state index contributed by atoms with van der Waals surface area (Å²) >= 11 is 0. The van der Waals surface area contributed by atoms with Gasteiger partial charge >= 0.3 is 6.36 Å². The summed E-state index contributed by atoms with van der Waals surface area (Å²) < 4.78 is 40.1. The number of halogens is 3. The topological polar surface area (TPSA) is 49.8 Å². The SMILES string of the molecule is CC(O)CC1CCCN1C(=O)Cc1ccc(OC(F)(F)F)cc1. The van der Waals surface area contributed by atoms with E-state index in [-0.39, 0.29) is 24.1 Å². The fourth-order valence-corrected chi connectivity index (χ4v) is 2.89. The van der Waals surface area contributed by atoms with Gasteiger partial charge in [0.2, 0.25) is 5.91 Å². The highest BCUT2D eigenvalue weighted by atomic mass is 19.4. The lowest BCUT2D eigenvalue weighted by Crippen LogP contribution is -2.38. The molecule has 7 heteroatoms. The van der Waals surface area contributed by atoms with Gasteiger partial charge in [-0.05, 0) is 43.9 Å². The molecule has 0 spiro atoms. The van der Waals surface area contributed by atoms with Crippen molar-refractivity contribution in [3.05, 3.63) is 29.8 Å². The van der Waals surface area contributed by atoms with Crippen LogP contribution in [-0.2, 0) is 11.2 Å². The fraction of sp³-hybridized carbons (Fsp3) is 0.562. The van der Waals surface area contributed by atoms with Crippen molar-refractivity contribution in [3.63, 3.8) is 0 Å². The van der Waals surface area contributed by atoms with E-state index in [4.69, 9.17) is 0 Å². The molecule has 1 aliphatic rings. The summed E-state index contributed by atoms with van der Waals surface area (Å²) in [5, 5.41) is 9.48. The van der Waals surface area contributed by atoms with Gasteiger partial charge in [0.05, 0.1) is 12.5 Å².